The predicted molar refractivity (Wildman–Crippen MR) is 426 cm³/mol. The van der Waals surface area contributed by atoms with E-state index in [0.29, 0.717) is 0 Å². The number of nitrogens with zero attached hydrogens (tertiary/aromatic N) is 4. The minimum Gasteiger partial charge on any atom is -0.507 e. The zero-order valence-corrected chi connectivity index (χ0v) is 71.8. The molecule has 3 aromatic carbocycles. The number of aromatic nitrogens is 3. The molecule has 6 heterocycles. The summed E-state index contributed by atoms with van der Waals surface area (Å²) in [5, 5.41) is 80.0. The van der Waals surface area contributed by atoms with Crippen LogP contribution in [0.1, 0.15) is 150 Å². The van der Waals surface area contributed by atoms with Gasteiger partial charge in [-0.15, -0.1) is 0 Å². The summed E-state index contributed by atoms with van der Waals surface area (Å²) < 4.78 is 191. The number of phenolic OH excluding ortho intramolecular Hbond substituents is 3. The van der Waals surface area contributed by atoms with Gasteiger partial charge in [-0.05, 0) is 101 Å². The van der Waals surface area contributed by atoms with Crippen LogP contribution in [0.15, 0.2) is 72.8 Å². The zero-order valence-electron chi connectivity index (χ0n) is 71.8. The van der Waals surface area contributed by atoms with Crippen LogP contribution in [0.25, 0.3) is 0 Å². The van der Waals surface area contributed by atoms with Gasteiger partial charge in [0.1, 0.15) is 65.8 Å². The van der Waals surface area contributed by atoms with E-state index in [1.165, 1.54) is 114 Å². The average molecular weight is 1850 g/mol. The molecule has 3 fully saturated rings. The van der Waals surface area contributed by atoms with E-state index in [9.17, 15) is 141 Å². The van der Waals surface area contributed by atoms with Crippen LogP contribution in [-0.2, 0) is 81.4 Å². The third-order valence-corrected chi connectivity index (χ3v) is 21.2. The SMILES string of the molecule is CC(C)CC1C(=O)O[C@H](C)[C@H](NC(=O)c2ccccc2O)C(=O)N[C@@H](Cc2c(F)nc(F)c(F)c2F)[C@@H](O)[C@@H](C)C(=O)N1C.CC(C)CC1NC(=O)[C@H](C)[C@H](O)[C@H](Cc2c(F)nc(F)c(F)c2F)NC(=O)[C@@H](NC(=O)c2ccccc2O)[C@@H](C)OC1=O.CC(C)CC1OC(=O)[C@H](C)[C@H](O)[C@H](Cc2c(F)nc(F)c(F)c2F)NC(=O)[C@@H](NC(=O)c2ccccc2O)[C@@H](C)OC1=O. The maximum absolute atomic E-state index is 14.6. The van der Waals surface area contributed by atoms with Gasteiger partial charge in [0.2, 0.25) is 64.8 Å². The lowest BCUT2D eigenvalue weighted by Crippen LogP contribution is -2.61. The lowest BCUT2D eigenvalue weighted by atomic mass is 9.90. The molecule has 13 N–H and O–H groups in total. The Balaban J connectivity index is 0.000000267. The number of nitrogens with one attached hydrogen (secondary N) is 7. The van der Waals surface area contributed by atoms with Crippen molar-refractivity contribution in [3.05, 3.63) is 177 Å². The van der Waals surface area contributed by atoms with E-state index in [1.54, 1.807) is 41.5 Å². The Morgan fingerprint density at radius 2 is 0.692 bits per heavy atom. The molecule has 3 saturated heterocycles. The van der Waals surface area contributed by atoms with Crippen molar-refractivity contribution in [2.75, 3.05) is 7.05 Å². The molecule has 3 aromatic heterocycles. The summed E-state index contributed by atoms with van der Waals surface area (Å²) >= 11 is 0. The van der Waals surface area contributed by atoms with Crippen LogP contribution < -0.4 is 37.2 Å². The second-order valence-corrected chi connectivity index (χ2v) is 32.4. The van der Waals surface area contributed by atoms with E-state index in [2.05, 4.69) is 52.2 Å². The fourth-order valence-corrected chi connectivity index (χ4v) is 13.8. The van der Waals surface area contributed by atoms with E-state index in [0.717, 1.165) is 11.8 Å². The summed E-state index contributed by atoms with van der Waals surface area (Å²) in [4.78, 5) is 168. The van der Waals surface area contributed by atoms with E-state index in [4.69, 9.17) is 18.9 Å². The highest BCUT2D eigenvalue weighted by atomic mass is 19.2. The molecule has 18 atom stereocenters. The second-order valence-electron chi connectivity index (χ2n) is 32.4. The highest BCUT2D eigenvalue weighted by Gasteiger charge is 2.47. The highest BCUT2D eigenvalue weighted by Crippen LogP contribution is 2.31. The van der Waals surface area contributed by atoms with Gasteiger partial charge in [0.15, 0.2) is 23.6 Å². The van der Waals surface area contributed by atoms with Crippen molar-refractivity contribution in [2.24, 2.45) is 35.5 Å². The Hall–Kier alpha value is -12.8. The molecule has 0 spiro atoms. The first-order chi connectivity index (χ1) is 60.8. The van der Waals surface area contributed by atoms with Crippen molar-refractivity contribution >= 4 is 71.1 Å². The lowest BCUT2D eigenvalue weighted by Gasteiger charge is -2.36. The van der Waals surface area contributed by atoms with Crippen molar-refractivity contribution in [3.63, 3.8) is 0 Å². The molecule has 9 rings (SSSR count). The first kappa shape index (κ1) is 104. The standard InChI is InChI=1S/C29H34F4N4O7.C28H32F4N4O7.C28H31F4N3O8/c1-12(2)10-18-29(43)44-14(4)22(35-26(40)15-8-6-7-9-19(15)38)27(41)34-17(23(39)13(3)28(42)37(18)5)11-16-20(30)21(31)25(33)36-24(16)32;1-11(2)9-17-28(42)43-13(4)21(35-26(40)14-7-5-6-8-18(14)37)27(41)33-16(22(38)12(3)25(39)34-17)10-15-19(29)20(30)24(32)36-23(15)31;1-11(2)9-18-28(41)42-13(4)21(34-25(38)14-7-5-6-8-17(14)36)26(39)33-16(22(37)12(3)27(40)43-18)10-15-19(29)20(30)24(32)35-23(15)31/h6-9,12-14,17-18,22-23,38-39H,10-11H2,1-5H3,(H,34,41)(H,35,40);5-8,11-13,16-17,21-22,37-38H,9-10H2,1-4H3,(H,33,41)(H,34,39)(H,35,40);5-8,11-13,16,18,21-22,36-37H,9-10H2,1-4H3,(H,33,39)(H,34,38)/t13-,14-,17+,18?,22+,23+;12-,13-,16+,17?,21+,22+;12-,13-,16+,18?,21+,22+/m111/s1. The number of halogens is 12. The minimum absolute atomic E-state index is 0.0262. The molecular weight excluding hydrogens is 1750 g/mol. The van der Waals surface area contributed by atoms with Crippen molar-refractivity contribution in [3.8, 4) is 17.2 Å². The quantitative estimate of drug-likeness (QED) is 0.0212. The fraction of sp³-hybridized carbons (Fsp3) is 0.471. The van der Waals surface area contributed by atoms with Gasteiger partial charge >= 0.3 is 23.9 Å². The van der Waals surface area contributed by atoms with Crippen molar-refractivity contribution in [1.82, 2.24) is 57.1 Å². The number of esters is 4. The van der Waals surface area contributed by atoms with Crippen LogP contribution in [0.4, 0.5) is 52.7 Å². The minimum atomic E-state index is -2.11. The Morgan fingerprint density at radius 1 is 0.385 bits per heavy atom. The number of aliphatic hydroxyl groups is 3. The topological polar surface area (TPSA) is 489 Å². The number of amides is 8. The molecule has 3 aliphatic heterocycles. The smallest absolute Gasteiger partial charge is 0.347 e. The Labute approximate surface area is 734 Å². The number of cyclic esters (lactones) is 4. The molecular formula is C85H97F12N11O22. The van der Waals surface area contributed by atoms with Crippen molar-refractivity contribution in [2.45, 2.75) is 213 Å². The number of para-hydroxylation sites is 3. The lowest BCUT2D eigenvalue weighted by molar-refractivity contribution is -0.178. The summed E-state index contributed by atoms with van der Waals surface area (Å²) in [5.41, 5.74) is -4.14. The molecule has 6 aromatic rings. The highest BCUT2D eigenvalue weighted by molar-refractivity contribution is 6.02. The molecule has 3 aliphatic rings. The summed E-state index contributed by atoms with van der Waals surface area (Å²) in [6.07, 6.45) is -14.5. The number of phenols is 3. The van der Waals surface area contributed by atoms with Gasteiger partial charge in [0, 0.05) is 43.0 Å². The fourth-order valence-electron chi connectivity index (χ4n) is 13.8. The molecule has 708 valence electrons. The normalized spacial score (nSPS) is 25.2. The summed E-state index contributed by atoms with van der Waals surface area (Å²) in [6, 6.07) is 3.16. The number of aliphatic hydroxyl groups excluding tert-OH is 3. The largest absolute Gasteiger partial charge is 0.507 e. The average Bonchev–Trinajstić information content (AvgIpc) is 0.780. The number of benzene rings is 3. The number of carbonyl (C=O) groups excluding carboxylic acids is 12. The Morgan fingerprint density at radius 3 is 1.02 bits per heavy atom. The van der Waals surface area contributed by atoms with Gasteiger partial charge < -0.3 is 91.7 Å². The molecule has 0 bridgehead atoms. The zero-order chi connectivity index (χ0) is 97.4. The third kappa shape index (κ3) is 26.0. The summed E-state index contributed by atoms with van der Waals surface area (Å²) in [5.74, 6) is -41.8. The van der Waals surface area contributed by atoms with Crippen LogP contribution in [0, 0.1) is 106 Å². The number of likely N-dealkylation sites (N-methyl/N-ethyl adjacent to an activating group) is 1. The van der Waals surface area contributed by atoms with Crippen LogP contribution in [0.3, 0.4) is 0 Å². The Kier molecular flexibility index (Phi) is 36.4. The predicted octanol–water partition coefficient (Wildman–Crippen LogP) is 5.70. The van der Waals surface area contributed by atoms with Crippen LogP contribution in [-0.4, -0.2) is 220 Å². The number of carbonyl (C=O) groups is 12. The van der Waals surface area contributed by atoms with E-state index < -0.39 is 304 Å². The molecule has 0 radical (unpaired) electrons. The molecule has 130 heavy (non-hydrogen) atoms. The molecule has 33 nitrogen and oxygen atoms in total. The maximum Gasteiger partial charge on any atom is 0.347 e. The number of ether oxygens (including phenoxy) is 4. The van der Waals surface area contributed by atoms with Gasteiger partial charge in [-0.2, -0.15) is 54.5 Å². The number of pyridine rings is 3. The maximum atomic E-state index is 14.6. The van der Waals surface area contributed by atoms with Gasteiger partial charge in [-0.1, -0.05) is 91.8 Å². The van der Waals surface area contributed by atoms with E-state index in [-0.39, 0.29) is 53.7 Å². The summed E-state index contributed by atoms with van der Waals surface area (Å²) in [7, 11) is 1.29. The van der Waals surface area contributed by atoms with Gasteiger partial charge in [-0.3, -0.25) is 43.2 Å². The number of aromatic hydroxyl groups is 3. The molecule has 45 heteroatoms. The van der Waals surface area contributed by atoms with E-state index >= 15 is 0 Å². The molecule has 8 amide bonds. The second kappa shape index (κ2) is 45.4. The van der Waals surface area contributed by atoms with Crippen LogP contribution >= 0.6 is 0 Å². The first-order valence-corrected chi connectivity index (χ1v) is 40.5. The van der Waals surface area contributed by atoms with Crippen LogP contribution in [0.5, 0.6) is 17.2 Å². The monoisotopic (exact) mass is 1850 g/mol. The number of hydrogen-bond donors (Lipinski definition) is 13. The number of rotatable bonds is 18. The first-order valence-electron chi connectivity index (χ1n) is 40.5. The summed E-state index contributed by atoms with van der Waals surface area (Å²) in [6.45, 7) is 17.8. The molecule has 0 aliphatic carbocycles. The van der Waals surface area contributed by atoms with Crippen molar-refractivity contribution in [1.29, 1.82) is 0 Å². The molecule has 3 unspecified atom stereocenters. The Bertz CT molecular complexity index is 5000. The van der Waals surface area contributed by atoms with Gasteiger partial charge in [0.05, 0.1) is 70.9 Å². The van der Waals surface area contributed by atoms with Crippen molar-refractivity contribution < 1.29 is 160 Å². The van der Waals surface area contributed by atoms with Gasteiger partial charge in [-0.25, -0.2) is 27.6 Å². The van der Waals surface area contributed by atoms with E-state index in [1.807, 2.05) is 0 Å². The number of hydrogen-bond acceptors (Lipinski definition) is 25. The van der Waals surface area contributed by atoms with Crippen LogP contribution in [0.2, 0.25) is 0 Å². The van der Waals surface area contributed by atoms with Gasteiger partial charge in [0.25, 0.3) is 35.6 Å². The third-order valence-electron chi connectivity index (χ3n) is 21.2. The molecule has 0 saturated carbocycles.